The SMILES string of the molecule is COc1cccc([C@@H]2C[C@H](O)CN2C(=O)Cc2ccc(C#N)cc2)c1. The molecule has 0 unspecified atom stereocenters. The molecular weight excluding hydrogens is 316 g/mol. The van der Waals surface area contributed by atoms with Crippen molar-refractivity contribution in [1.29, 1.82) is 5.26 Å². The van der Waals surface area contributed by atoms with E-state index >= 15 is 0 Å². The predicted molar refractivity (Wildman–Crippen MR) is 92.9 cm³/mol. The summed E-state index contributed by atoms with van der Waals surface area (Å²) in [6.07, 6.45) is 0.242. The van der Waals surface area contributed by atoms with E-state index in [0.29, 0.717) is 18.5 Å². The monoisotopic (exact) mass is 336 g/mol. The largest absolute Gasteiger partial charge is 0.497 e. The average molecular weight is 336 g/mol. The van der Waals surface area contributed by atoms with Crippen LogP contribution in [0.5, 0.6) is 5.75 Å². The minimum absolute atomic E-state index is 0.0333. The number of ether oxygens (including phenoxy) is 1. The highest BCUT2D eigenvalue weighted by Crippen LogP contribution is 2.34. The molecule has 2 aromatic carbocycles. The van der Waals surface area contributed by atoms with Gasteiger partial charge < -0.3 is 14.7 Å². The summed E-state index contributed by atoms with van der Waals surface area (Å²) < 4.78 is 5.26. The third-order valence-electron chi connectivity index (χ3n) is 4.52. The molecule has 1 amide bonds. The molecule has 0 saturated carbocycles. The van der Waals surface area contributed by atoms with Gasteiger partial charge in [0.05, 0.1) is 37.3 Å². The fourth-order valence-electron chi connectivity index (χ4n) is 3.23. The van der Waals surface area contributed by atoms with Crippen molar-refractivity contribution in [2.45, 2.75) is 25.0 Å². The number of methoxy groups -OCH3 is 1. The van der Waals surface area contributed by atoms with Gasteiger partial charge in [-0.05, 0) is 41.8 Å². The Morgan fingerprint density at radius 1 is 1.32 bits per heavy atom. The molecule has 1 N–H and O–H groups in total. The maximum absolute atomic E-state index is 12.8. The van der Waals surface area contributed by atoms with Crippen LogP contribution in [0, 0.1) is 11.3 Å². The van der Waals surface area contributed by atoms with Crippen LogP contribution in [0.4, 0.5) is 0 Å². The van der Waals surface area contributed by atoms with E-state index in [-0.39, 0.29) is 18.4 Å². The van der Waals surface area contributed by atoms with E-state index in [2.05, 4.69) is 6.07 Å². The Balaban J connectivity index is 1.78. The maximum atomic E-state index is 12.8. The van der Waals surface area contributed by atoms with Crippen molar-refractivity contribution < 1.29 is 14.6 Å². The summed E-state index contributed by atoms with van der Waals surface area (Å²) >= 11 is 0. The standard InChI is InChI=1S/C20H20N2O3/c1-25-18-4-2-3-16(10-18)19-11-17(23)13-22(19)20(24)9-14-5-7-15(12-21)8-6-14/h2-8,10,17,19,23H,9,11,13H2,1H3/t17-,19-/m0/s1. The van der Waals surface area contributed by atoms with Gasteiger partial charge >= 0.3 is 0 Å². The minimum atomic E-state index is -0.527. The number of hydrogen-bond acceptors (Lipinski definition) is 4. The summed E-state index contributed by atoms with van der Waals surface area (Å²) in [5.41, 5.74) is 2.39. The minimum Gasteiger partial charge on any atom is -0.497 e. The summed E-state index contributed by atoms with van der Waals surface area (Å²) in [6, 6.07) is 16.5. The Labute approximate surface area is 147 Å². The van der Waals surface area contributed by atoms with Crippen molar-refractivity contribution in [3.63, 3.8) is 0 Å². The van der Waals surface area contributed by atoms with Gasteiger partial charge in [-0.25, -0.2) is 0 Å². The van der Waals surface area contributed by atoms with Crippen LogP contribution in [0.15, 0.2) is 48.5 Å². The second-order valence-corrected chi connectivity index (χ2v) is 6.21. The van der Waals surface area contributed by atoms with Gasteiger partial charge in [-0.15, -0.1) is 0 Å². The van der Waals surface area contributed by atoms with Gasteiger partial charge in [-0.3, -0.25) is 4.79 Å². The van der Waals surface area contributed by atoms with E-state index in [1.54, 1.807) is 36.3 Å². The molecule has 1 aliphatic rings. The number of nitrogens with zero attached hydrogens (tertiary/aromatic N) is 2. The average Bonchev–Trinajstić information content (AvgIpc) is 3.04. The maximum Gasteiger partial charge on any atom is 0.227 e. The number of hydrogen-bond donors (Lipinski definition) is 1. The first-order valence-corrected chi connectivity index (χ1v) is 8.21. The normalized spacial score (nSPS) is 19.5. The van der Waals surface area contributed by atoms with Crippen molar-refractivity contribution >= 4 is 5.91 Å². The molecule has 1 fully saturated rings. The zero-order chi connectivity index (χ0) is 17.8. The third-order valence-corrected chi connectivity index (χ3v) is 4.52. The lowest BCUT2D eigenvalue weighted by Crippen LogP contribution is -2.33. The number of rotatable bonds is 4. The molecule has 2 atom stereocenters. The molecule has 0 bridgehead atoms. The van der Waals surface area contributed by atoms with E-state index in [4.69, 9.17) is 10.00 Å². The molecular formula is C20H20N2O3. The van der Waals surface area contributed by atoms with Gasteiger partial charge in [0.15, 0.2) is 0 Å². The number of benzene rings is 2. The molecule has 1 saturated heterocycles. The molecule has 128 valence electrons. The van der Waals surface area contributed by atoms with E-state index in [1.165, 1.54) is 0 Å². The lowest BCUT2D eigenvalue weighted by molar-refractivity contribution is -0.131. The molecule has 0 radical (unpaired) electrons. The smallest absolute Gasteiger partial charge is 0.227 e. The van der Waals surface area contributed by atoms with Crippen LogP contribution < -0.4 is 4.74 Å². The van der Waals surface area contributed by atoms with Gasteiger partial charge in [0.2, 0.25) is 5.91 Å². The number of carbonyl (C=O) groups is 1. The second kappa shape index (κ2) is 7.37. The first-order chi connectivity index (χ1) is 12.1. The van der Waals surface area contributed by atoms with Crippen LogP contribution in [0.25, 0.3) is 0 Å². The molecule has 25 heavy (non-hydrogen) atoms. The fourth-order valence-corrected chi connectivity index (χ4v) is 3.23. The van der Waals surface area contributed by atoms with Crippen LogP contribution >= 0.6 is 0 Å². The fraction of sp³-hybridized carbons (Fsp3) is 0.300. The highest BCUT2D eigenvalue weighted by molar-refractivity contribution is 5.79. The molecule has 3 rings (SSSR count). The van der Waals surface area contributed by atoms with Gasteiger partial charge in [0.1, 0.15) is 5.75 Å². The first-order valence-electron chi connectivity index (χ1n) is 8.21. The van der Waals surface area contributed by atoms with Crippen LogP contribution in [-0.2, 0) is 11.2 Å². The number of β-amino-alcohol motifs (C(OH)–C–C–N with tert-alkyl or cyclic N) is 1. The highest BCUT2D eigenvalue weighted by Gasteiger charge is 2.35. The molecule has 1 aliphatic heterocycles. The topological polar surface area (TPSA) is 73.6 Å². The summed E-state index contributed by atoms with van der Waals surface area (Å²) in [5, 5.41) is 18.9. The zero-order valence-corrected chi connectivity index (χ0v) is 14.1. The van der Waals surface area contributed by atoms with Crippen LogP contribution in [0.1, 0.15) is 29.2 Å². The summed E-state index contributed by atoms with van der Waals surface area (Å²) in [5.74, 6) is 0.701. The second-order valence-electron chi connectivity index (χ2n) is 6.21. The van der Waals surface area contributed by atoms with Crippen molar-refractivity contribution in [1.82, 2.24) is 4.90 Å². The molecule has 0 spiro atoms. The highest BCUT2D eigenvalue weighted by atomic mass is 16.5. The third kappa shape index (κ3) is 3.81. The zero-order valence-electron chi connectivity index (χ0n) is 14.1. The van der Waals surface area contributed by atoms with E-state index in [1.807, 2.05) is 24.3 Å². The number of aliphatic hydroxyl groups excluding tert-OH is 1. The van der Waals surface area contributed by atoms with E-state index in [9.17, 15) is 9.90 Å². The summed E-state index contributed by atoms with van der Waals surface area (Å²) in [6.45, 7) is 0.330. The van der Waals surface area contributed by atoms with Crippen molar-refractivity contribution in [3.05, 3.63) is 65.2 Å². The lowest BCUT2D eigenvalue weighted by Gasteiger charge is -2.25. The van der Waals surface area contributed by atoms with E-state index in [0.717, 1.165) is 16.9 Å². The van der Waals surface area contributed by atoms with Gasteiger partial charge in [-0.2, -0.15) is 5.26 Å². The lowest BCUT2D eigenvalue weighted by atomic mass is 10.0. The Hall–Kier alpha value is -2.84. The summed E-state index contributed by atoms with van der Waals surface area (Å²) in [7, 11) is 1.61. The van der Waals surface area contributed by atoms with Gasteiger partial charge in [-0.1, -0.05) is 24.3 Å². The van der Waals surface area contributed by atoms with Gasteiger partial charge in [0.25, 0.3) is 0 Å². The van der Waals surface area contributed by atoms with Crippen molar-refractivity contribution in [3.8, 4) is 11.8 Å². The van der Waals surface area contributed by atoms with Crippen molar-refractivity contribution in [2.75, 3.05) is 13.7 Å². The number of likely N-dealkylation sites (tertiary alicyclic amines) is 1. The van der Waals surface area contributed by atoms with Crippen LogP contribution in [0.3, 0.4) is 0 Å². The molecule has 5 heteroatoms. The summed E-state index contributed by atoms with van der Waals surface area (Å²) in [4.78, 5) is 14.5. The molecule has 0 aliphatic carbocycles. The van der Waals surface area contributed by atoms with Gasteiger partial charge in [0, 0.05) is 6.54 Å². The molecule has 2 aromatic rings. The predicted octanol–water partition coefficient (Wildman–Crippen LogP) is 2.44. The number of amides is 1. The Morgan fingerprint density at radius 3 is 2.76 bits per heavy atom. The Bertz CT molecular complexity index is 795. The van der Waals surface area contributed by atoms with Crippen LogP contribution in [0.2, 0.25) is 0 Å². The quantitative estimate of drug-likeness (QED) is 0.931. The molecule has 0 aromatic heterocycles. The van der Waals surface area contributed by atoms with Crippen LogP contribution in [-0.4, -0.2) is 35.7 Å². The molecule has 1 heterocycles. The number of nitriles is 1. The molecule has 5 nitrogen and oxygen atoms in total. The Kier molecular flexibility index (Phi) is 5.01. The van der Waals surface area contributed by atoms with E-state index < -0.39 is 6.10 Å². The first kappa shape index (κ1) is 17.0. The number of aliphatic hydroxyl groups is 1. The Morgan fingerprint density at radius 2 is 2.08 bits per heavy atom. The number of carbonyl (C=O) groups excluding carboxylic acids is 1. The van der Waals surface area contributed by atoms with Crippen molar-refractivity contribution in [2.24, 2.45) is 0 Å².